The van der Waals surface area contributed by atoms with Gasteiger partial charge >= 0.3 is 0 Å². The summed E-state index contributed by atoms with van der Waals surface area (Å²) in [5, 5.41) is 0. The van der Waals surface area contributed by atoms with Gasteiger partial charge in [0.1, 0.15) is 5.75 Å². The first kappa shape index (κ1) is 13.3. The minimum Gasteiger partial charge on any atom is -0.497 e. The maximum Gasteiger partial charge on any atom is 0.158 e. The maximum absolute atomic E-state index is 12.1. The zero-order valence-electron chi connectivity index (χ0n) is 10.9. The number of carbonyl (C=O) groups excluding carboxylic acids is 1. The van der Waals surface area contributed by atoms with Crippen molar-refractivity contribution >= 4 is 5.78 Å². The number of nitrogens with two attached hydrogens (primary N) is 1. The lowest BCUT2D eigenvalue weighted by molar-refractivity contribution is -0.119. The fourth-order valence-corrected chi connectivity index (χ4v) is 1.94. The van der Waals surface area contributed by atoms with Crippen molar-refractivity contribution in [1.82, 2.24) is 0 Å². The summed E-state index contributed by atoms with van der Waals surface area (Å²) in [6.07, 6.45) is 0.313. The standard InChI is InChI=1S/C16H17NO2/c1-19-14-9-5-6-12(10-14)11-15(18)16(17)13-7-3-2-4-8-13/h2-10,16H,11,17H2,1H3/t16-/m1/s1. The van der Waals surface area contributed by atoms with Gasteiger partial charge in [0.2, 0.25) is 0 Å². The Balaban J connectivity index is 2.08. The summed E-state index contributed by atoms with van der Waals surface area (Å²) in [5.74, 6) is 0.748. The first-order chi connectivity index (χ1) is 9.20. The Kier molecular flexibility index (Phi) is 4.31. The first-order valence-corrected chi connectivity index (χ1v) is 6.17. The van der Waals surface area contributed by atoms with Gasteiger partial charge in [0.15, 0.2) is 5.78 Å². The molecule has 0 heterocycles. The Morgan fingerprint density at radius 1 is 1.16 bits per heavy atom. The smallest absolute Gasteiger partial charge is 0.158 e. The molecule has 3 heteroatoms. The zero-order chi connectivity index (χ0) is 13.7. The van der Waals surface area contributed by atoms with E-state index in [4.69, 9.17) is 10.5 Å². The van der Waals surface area contributed by atoms with Crippen LogP contribution in [0.25, 0.3) is 0 Å². The van der Waals surface area contributed by atoms with Crippen molar-refractivity contribution in [3.63, 3.8) is 0 Å². The number of ketones is 1. The van der Waals surface area contributed by atoms with E-state index >= 15 is 0 Å². The Bertz CT molecular complexity index is 552. The fraction of sp³-hybridized carbons (Fsp3) is 0.188. The van der Waals surface area contributed by atoms with Crippen molar-refractivity contribution in [2.24, 2.45) is 5.73 Å². The average molecular weight is 255 g/mol. The van der Waals surface area contributed by atoms with E-state index in [1.807, 2.05) is 54.6 Å². The number of Topliss-reactive ketones (excluding diaryl/α,β-unsaturated/α-hetero) is 1. The molecule has 98 valence electrons. The van der Waals surface area contributed by atoms with Crippen molar-refractivity contribution in [2.75, 3.05) is 7.11 Å². The van der Waals surface area contributed by atoms with Gasteiger partial charge in [-0.1, -0.05) is 42.5 Å². The average Bonchev–Trinajstić information content (AvgIpc) is 2.47. The molecule has 0 saturated heterocycles. The molecular weight excluding hydrogens is 238 g/mol. The molecule has 2 N–H and O–H groups in total. The molecule has 2 aromatic rings. The highest BCUT2D eigenvalue weighted by atomic mass is 16.5. The molecule has 0 spiro atoms. The van der Waals surface area contributed by atoms with Crippen molar-refractivity contribution in [1.29, 1.82) is 0 Å². The van der Waals surface area contributed by atoms with Crippen molar-refractivity contribution in [3.05, 3.63) is 65.7 Å². The summed E-state index contributed by atoms with van der Waals surface area (Å²) in [4.78, 5) is 12.1. The van der Waals surface area contributed by atoms with Crippen LogP contribution in [0.4, 0.5) is 0 Å². The van der Waals surface area contributed by atoms with E-state index in [0.717, 1.165) is 16.9 Å². The van der Waals surface area contributed by atoms with Crippen LogP contribution in [0.5, 0.6) is 5.75 Å². The second kappa shape index (κ2) is 6.16. The number of hydrogen-bond donors (Lipinski definition) is 1. The molecule has 0 aliphatic carbocycles. The maximum atomic E-state index is 12.1. The molecule has 0 radical (unpaired) electrons. The third-order valence-corrected chi connectivity index (χ3v) is 3.02. The van der Waals surface area contributed by atoms with Crippen LogP contribution in [-0.4, -0.2) is 12.9 Å². The quantitative estimate of drug-likeness (QED) is 0.893. The van der Waals surface area contributed by atoms with Crippen molar-refractivity contribution in [2.45, 2.75) is 12.5 Å². The number of hydrogen-bond acceptors (Lipinski definition) is 3. The van der Waals surface area contributed by atoms with Crippen molar-refractivity contribution < 1.29 is 9.53 Å². The van der Waals surface area contributed by atoms with Gasteiger partial charge in [-0.2, -0.15) is 0 Å². The highest BCUT2D eigenvalue weighted by Crippen LogP contribution is 2.17. The molecule has 1 atom stereocenters. The van der Waals surface area contributed by atoms with Crippen LogP contribution in [-0.2, 0) is 11.2 Å². The van der Waals surface area contributed by atoms with Gasteiger partial charge in [0.05, 0.1) is 13.2 Å². The molecule has 0 bridgehead atoms. The van der Waals surface area contributed by atoms with Crippen LogP contribution < -0.4 is 10.5 Å². The molecule has 0 amide bonds. The third kappa shape index (κ3) is 3.42. The Labute approximate surface area is 113 Å². The predicted molar refractivity (Wildman–Crippen MR) is 75.1 cm³/mol. The fourth-order valence-electron chi connectivity index (χ4n) is 1.94. The lowest BCUT2D eigenvalue weighted by Gasteiger charge is -2.11. The van der Waals surface area contributed by atoms with E-state index in [-0.39, 0.29) is 5.78 Å². The van der Waals surface area contributed by atoms with Gasteiger partial charge in [0, 0.05) is 6.42 Å². The molecule has 0 unspecified atom stereocenters. The third-order valence-electron chi connectivity index (χ3n) is 3.02. The second-order valence-electron chi connectivity index (χ2n) is 4.38. The monoisotopic (exact) mass is 255 g/mol. The predicted octanol–water partition coefficient (Wildman–Crippen LogP) is 2.51. The molecule has 2 rings (SSSR count). The molecule has 3 nitrogen and oxygen atoms in total. The van der Waals surface area contributed by atoms with Crippen LogP contribution in [0, 0.1) is 0 Å². The minimum absolute atomic E-state index is 0.000506. The number of ether oxygens (including phenoxy) is 1. The summed E-state index contributed by atoms with van der Waals surface area (Å²) in [7, 11) is 1.61. The van der Waals surface area contributed by atoms with Crippen LogP contribution in [0.15, 0.2) is 54.6 Å². The largest absolute Gasteiger partial charge is 0.497 e. The van der Waals surface area contributed by atoms with Gasteiger partial charge < -0.3 is 10.5 Å². The number of carbonyl (C=O) groups is 1. The lowest BCUT2D eigenvalue weighted by Crippen LogP contribution is -2.23. The molecule has 0 aliphatic heterocycles. The molecule has 0 saturated carbocycles. The summed E-state index contributed by atoms with van der Waals surface area (Å²) in [5.41, 5.74) is 7.73. The van der Waals surface area contributed by atoms with Crippen LogP contribution >= 0.6 is 0 Å². The van der Waals surface area contributed by atoms with E-state index in [0.29, 0.717) is 6.42 Å². The number of methoxy groups -OCH3 is 1. The molecule has 0 fully saturated rings. The Morgan fingerprint density at radius 3 is 2.58 bits per heavy atom. The topological polar surface area (TPSA) is 52.3 Å². The van der Waals surface area contributed by atoms with Crippen LogP contribution in [0.3, 0.4) is 0 Å². The normalized spacial score (nSPS) is 11.9. The summed E-state index contributed by atoms with van der Waals surface area (Å²) in [6.45, 7) is 0. The summed E-state index contributed by atoms with van der Waals surface area (Å²) >= 11 is 0. The SMILES string of the molecule is COc1cccc(CC(=O)[C@H](N)c2ccccc2)c1. The second-order valence-corrected chi connectivity index (χ2v) is 4.38. The molecular formula is C16H17NO2. The van der Waals surface area contributed by atoms with Crippen LogP contribution in [0.2, 0.25) is 0 Å². The van der Waals surface area contributed by atoms with Gasteiger partial charge in [0.25, 0.3) is 0 Å². The number of rotatable bonds is 5. The van der Waals surface area contributed by atoms with Gasteiger partial charge in [-0.05, 0) is 23.3 Å². The van der Waals surface area contributed by atoms with E-state index < -0.39 is 6.04 Å². The molecule has 0 aromatic heterocycles. The van der Waals surface area contributed by atoms with Gasteiger partial charge in [-0.3, -0.25) is 4.79 Å². The highest BCUT2D eigenvalue weighted by Gasteiger charge is 2.15. The zero-order valence-corrected chi connectivity index (χ0v) is 10.9. The number of benzene rings is 2. The van der Waals surface area contributed by atoms with Gasteiger partial charge in [-0.25, -0.2) is 0 Å². The van der Waals surface area contributed by atoms with Crippen molar-refractivity contribution in [3.8, 4) is 5.75 Å². The van der Waals surface area contributed by atoms with E-state index in [2.05, 4.69) is 0 Å². The molecule has 19 heavy (non-hydrogen) atoms. The Hall–Kier alpha value is -2.13. The highest BCUT2D eigenvalue weighted by molar-refractivity contribution is 5.87. The van der Waals surface area contributed by atoms with E-state index in [1.165, 1.54) is 0 Å². The lowest BCUT2D eigenvalue weighted by atomic mass is 9.98. The molecule has 2 aromatic carbocycles. The van der Waals surface area contributed by atoms with E-state index in [1.54, 1.807) is 7.11 Å². The first-order valence-electron chi connectivity index (χ1n) is 6.17. The molecule has 0 aliphatic rings. The minimum atomic E-state index is -0.576. The summed E-state index contributed by atoms with van der Waals surface area (Å²) in [6, 6.07) is 16.3. The van der Waals surface area contributed by atoms with Gasteiger partial charge in [-0.15, -0.1) is 0 Å². The summed E-state index contributed by atoms with van der Waals surface area (Å²) < 4.78 is 5.14. The van der Waals surface area contributed by atoms with Crippen LogP contribution in [0.1, 0.15) is 17.2 Å². The Morgan fingerprint density at radius 2 is 1.89 bits per heavy atom. The van der Waals surface area contributed by atoms with E-state index in [9.17, 15) is 4.79 Å².